The Morgan fingerprint density at radius 1 is 1.58 bits per heavy atom. The summed E-state index contributed by atoms with van der Waals surface area (Å²) in [5, 5.41) is 18.1. The van der Waals surface area contributed by atoms with E-state index in [0.717, 1.165) is 12.3 Å². The molecule has 7 nitrogen and oxygen atoms in total. The monoisotopic (exact) mass is 473 g/mol. The van der Waals surface area contributed by atoms with Gasteiger partial charge in [-0.3, -0.25) is 4.57 Å². The number of halogens is 2. The second-order valence-corrected chi connectivity index (χ2v) is 3.87. The summed E-state index contributed by atoms with van der Waals surface area (Å²) in [4.78, 5) is 14.7. The van der Waals surface area contributed by atoms with Gasteiger partial charge < -0.3 is 20.7 Å². The van der Waals surface area contributed by atoms with E-state index in [1.807, 2.05) is 0 Å². The van der Waals surface area contributed by atoms with Crippen LogP contribution in [0.5, 0.6) is 0 Å². The molecule has 1 aliphatic rings. The molecule has 1 aliphatic heterocycles. The normalized spacial score (nSPS) is 28.9. The molecule has 0 aliphatic carbocycles. The van der Waals surface area contributed by atoms with Crippen molar-refractivity contribution in [3.05, 3.63) is 22.7 Å². The van der Waals surface area contributed by atoms with Crippen LogP contribution < -0.4 is 11.4 Å². The summed E-state index contributed by atoms with van der Waals surface area (Å²) < 4.78 is 32.7. The number of anilines is 1. The third kappa shape index (κ3) is 2.78. The molecule has 3 atom stereocenters. The van der Waals surface area contributed by atoms with Crippen LogP contribution in [0, 0.1) is 0 Å². The van der Waals surface area contributed by atoms with Gasteiger partial charge in [0.15, 0.2) is 6.10 Å². The fraction of sp³-hybridized carbons (Fsp3) is 0.556. The standard InChI is InChI=1S/C9H11F2N3O4.Pb.2H/c10-9(11)6(16)4(3-15)18-7(9)14-2-1-5(12)13-8(14)17;;;/h1-2,4,6-7,15-16H,3H2,(H2,12,13,17);;;/t4-,6-,7-;;;/m1.../s1. The number of aliphatic hydroxyl groups is 2. The molecule has 2 radical (unpaired) electrons. The molecule has 0 spiro atoms. The van der Waals surface area contributed by atoms with E-state index in [4.69, 9.17) is 15.6 Å². The molecular formula is C9H13F2N3O4Pb. The number of hydrogen-bond donors (Lipinski definition) is 3. The van der Waals surface area contributed by atoms with E-state index < -0.39 is 36.7 Å². The number of aromatic nitrogens is 2. The summed E-state index contributed by atoms with van der Waals surface area (Å²) in [7, 11) is 0. The Balaban J connectivity index is 0.00000180. The molecule has 19 heavy (non-hydrogen) atoms. The molecule has 1 fully saturated rings. The Labute approximate surface area is 126 Å². The van der Waals surface area contributed by atoms with Crippen LogP contribution in [0.4, 0.5) is 14.6 Å². The third-order valence-electron chi connectivity index (χ3n) is 2.66. The van der Waals surface area contributed by atoms with Crippen LogP contribution in [0.2, 0.25) is 0 Å². The maximum absolute atomic E-state index is 13.7. The summed E-state index contributed by atoms with van der Waals surface area (Å²) in [5.74, 6) is -3.83. The fourth-order valence-corrected chi connectivity index (χ4v) is 1.72. The zero-order valence-corrected chi connectivity index (χ0v) is 15.2. The van der Waals surface area contributed by atoms with Gasteiger partial charge in [-0.15, -0.1) is 0 Å². The minimum absolute atomic E-state index is 0. The molecule has 0 unspecified atom stereocenters. The van der Waals surface area contributed by atoms with Crippen LogP contribution in [-0.4, -0.2) is 71.8 Å². The summed E-state index contributed by atoms with van der Waals surface area (Å²) in [6.45, 7) is -0.787. The Morgan fingerprint density at radius 2 is 2.21 bits per heavy atom. The van der Waals surface area contributed by atoms with Crippen molar-refractivity contribution < 1.29 is 23.7 Å². The second-order valence-electron chi connectivity index (χ2n) is 3.87. The van der Waals surface area contributed by atoms with Crippen LogP contribution in [0.25, 0.3) is 0 Å². The molecule has 106 valence electrons. The van der Waals surface area contributed by atoms with E-state index in [2.05, 4.69) is 4.98 Å². The molecule has 2 rings (SSSR count). The van der Waals surface area contributed by atoms with Gasteiger partial charge in [-0.2, -0.15) is 13.8 Å². The van der Waals surface area contributed by atoms with Crippen molar-refractivity contribution >= 4 is 33.1 Å². The molecule has 0 bridgehead atoms. The Morgan fingerprint density at radius 3 is 2.68 bits per heavy atom. The topological polar surface area (TPSA) is 111 Å². The van der Waals surface area contributed by atoms with Crippen LogP contribution in [0.15, 0.2) is 17.1 Å². The van der Waals surface area contributed by atoms with Gasteiger partial charge in [0.05, 0.1) is 6.61 Å². The average Bonchev–Trinajstić information content (AvgIpc) is 2.52. The zero-order valence-electron chi connectivity index (χ0n) is 9.74. The van der Waals surface area contributed by atoms with Gasteiger partial charge in [0.25, 0.3) is 0 Å². The van der Waals surface area contributed by atoms with Crippen LogP contribution in [-0.2, 0) is 4.74 Å². The molecular weight excluding hydrogens is 459 g/mol. The van der Waals surface area contributed by atoms with E-state index in [-0.39, 0.29) is 33.1 Å². The third-order valence-corrected chi connectivity index (χ3v) is 2.66. The molecule has 0 amide bonds. The molecule has 1 aromatic rings. The number of nitrogens with zero attached hydrogens (tertiary/aromatic N) is 2. The SMILES string of the molecule is Nc1ccn([C@@H]2O[C@H](CO)[C@@H](O)C2(F)F)c(=O)n1.[PbH2]. The Hall–Kier alpha value is -0.658. The molecule has 1 saturated heterocycles. The average molecular weight is 472 g/mol. The second kappa shape index (κ2) is 5.77. The van der Waals surface area contributed by atoms with Gasteiger partial charge in [0, 0.05) is 6.20 Å². The zero-order chi connectivity index (χ0) is 13.5. The Bertz CT molecular complexity index is 512. The summed E-state index contributed by atoms with van der Waals surface area (Å²) in [5.41, 5.74) is 4.21. The van der Waals surface area contributed by atoms with E-state index in [9.17, 15) is 18.7 Å². The molecule has 1 aromatic heterocycles. The van der Waals surface area contributed by atoms with Crippen molar-refractivity contribution in [2.45, 2.75) is 24.4 Å². The van der Waals surface area contributed by atoms with E-state index in [1.165, 1.54) is 0 Å². The molecule has 4 N–H and O–H groups in total. The number of aliphatic hydroxyl groups excluding tert-OH is 2. The number of ether oxygens (including phenoxy) is 1. The van der Waals surface area contributed by atoms with Crippen molar-refractivity contribution in [2.75, 3.05) is 12.3 Å². The predicted octanol–water partition coefficient (Wildman–Crippen LogP) is -2.20. The van der Waals surface area contributed by atoms with Gasteiger partial charge in [-0.05, 0) is 6.07 Å². The fourth-order valence-electron chi connectivity index (χ4n) is 1.72. The van der Waals surface area contributed by atoms with Crippen molar-refractivity contribution in [1.29, 1.82) is 0 Å². The van der Waals surface area contributed by atoms with Crippen molar-refractivity contribution in [3.63, 3.8) is 0 Å². The van der Waals surface area contributed by atoms with Crippen molar-refractivity contribution in [1.82, 2.24) is 9.55 Å². The summed E-state index contributed by atoms with van der Waals surface area (Å²) in [6, 6.07) is 1.15. The predicted molar refractivity (Wildman–Crippen MR) is 63.4 cm³/mol. The van der Waals surface area contributed by atoms with E-state index >= 15 is 0 Å². The molecule has 0 aromatic carbocycles. The van der Waals surface area contributed by atoms with Crippen LogP contribution in [0.1, 0.15) is 6.23 Å². The van der Waals surface area contributed by atoms with Crippen LogP contribution >= 0.6 is 0 Å². The van der Waals surface area contributed by atoms with E-state index in [0.29, 0.717) is 4.57 Å². The van der Waals surface area contributed by atoms with Crippen LogP contribution in [0.3, 0.4) is 0 Å². The number of alkyl halides is 2. The van der Waals surface area contributed by atoms with E-state index in [1.54, 1.807) is 0 Å². The minimum atomic E-state index is -3.71. The van der Waals surface area contributed by atoms with Gasteiger partial charge in [0.2, 0.25) is 6.23 Å². The number of nitrogens with two attached hydrogens (primary N) is 1. The molecule has 2 heterocycles. The Kier molecular flexibility index (Phi) is 4.98. The summed E-state index contributed by atoms with van der Waals surface area (Å²) >= 11 is 0. The van der Waals surface area contributed by atoms with Gasteiger partial charge >= 0.3 is 38.9 Å². The first-order valence-electron chi connectivity index (χ1n) is 5.04. The quantitative estimate of drug-likeness (QED) is 0.422. The summed E-state index contributed by atoms with van der Waals surface area (Å²) in [6.07, 6.45) is -4.69. The first kappa shape index (κ1) is 16.4. The first-order valence-corrected chi connectivity index (χ1v) is 5.04. The maximum atomic E-state index is 13.7. The van der Waals surface area contributed by atoms with Gasteiger partial charge in [-0.1, -0.05) is 0 Å². The first-order chi connectivity index (χ1) is 8.37. The van der Waals surface area contributed by atoms with Crippen molar-refractivity contribution in [3.8, 4) is 0 Å². The number of hydrogen-bond acceptors (Lipinski definition) is 6. The molecule has 10 heteroatoms. The van der Waals surface area contributed by atoms with Crippen molar-refractivity contribution in [2.24, 2.45) is 0 Å². The van der Waals surface area contributed by atoms with Gasteiger partial charge in [0.1, 0.15) is 11.9 Å². The van der Waals surface area contributed by atoms with Gasteiger partial charge in [-0.25, -0.2) is 4.79 Å². The molecule has 0 saturated carbocycles. The number of rotatable bonds is 2. The number of nitrogen functional groups attached to an aromatic ring is 1.